The number of hydrogen-bond donors (Lipinski definition) is 0. The molecule has 0 bridgehead atoms. The number of nitrogens with zero attached hydrogens (tertiary/aromatic N) is 1. The molecule has 2 aromatic rings. The van der Waals surface area contributed by atoms with Gasteiger partial charge in [0.2, 0.25) is 0 Å². The summed E-state index contributed by atoms with van der Waals surface area (Å²) in [6.07, 6.45) is 2.80. The predicted molar refractivity (Wildman–Crippen MR) is 62.7 cm³/mol. The molecule has 0 radical (unpaired) electrons. The van der Waals surface area contributed by atoms with Gasteiger partial charge in [-0.15, -0.1) is 11.3 Å². The molecule has 2 rings (SSSR count). The van der Waals surface area contributed by atoms with Crippen LogP contribution in [0.25, 0.3) is 0 Å². The zero-order valence-electron chi connectivity index (χ0n) is 8.86. The Bertz CT molecular complexity index is 450. The lowest BCUT2D eigenvalue weighted by atomic mass is 10.1. The Morgan fingerprint density at radius 3 is 2.93 bits per heavy atom. The summed E-state index contributed by atoms with van der Waals surface area (Å²) in [5, 5.41) is 1.15. The van der Waals surface area contributed by atoms with Crippen molar-refractivity contribution in [3.63, 3.8) is 0 Å². The average molecular weight is 219 g/mol. The van der Waals surface area contributed by atoms with Crippen LogP contribution in [0.1, 0.15) is 15.4 Å². The van der Waals surface area contributed by atoms with Crippen LogP contribution >= 0.6 is 11.3 Å². The SMILES string of the molecule is COc1cccc(Cc2ncc(C)s2)c1. The van der Waals surface area contributed by atoms with Crippen LogP contribution in [0.4, 0.5) is 0 Å². The van der Waals surface area contributed by atoms with Crippen LogP contribution in [-0.2, 0) is 6.42 Å². The summed E-state index contributed by atoms with van der Waals surface area (Å²) in [4.78, 5) is 5.60. The van der Waals surface area contributed by atoms with Crippen molar-refractivity contribution in [3.8, 4) is 5.75 Å². The third kappa shape index (κ3) is 2.57. The van der Waals surface area contributed by atoms with Gasteiger partial charge in [0.05, 0.1) is 12.1 Å². The maximum atomic E-state index is 5.18. The van der Waals surface area contributed by atoms with E-state index >= 15 is 0 Å². The molecule has 1 heterocycles. The Balaban J connectivity index is 2.16. The van der Waals surface area contributed by atoms with E-state index in [0.717, 1.165) is 17.2 Å². The number of hydrogen-bond acceptors (Lipinski definition) is 3. The number of methoxy groups -OCH3 is 1. The fourth-order valence-corrected chi connectivity index (χ4v) is 2.26. The van der Waals surface area contributed by atoms with E-state index in [4.69, 9.17) is 4.74 Å². The molecular weight excluding hydrogens is 206 g/mol. The van der Waals surface area contributed by atoms with Crippen molar-refractivity contribution >= 4 is 11.3 Å². The highest BCUT2D eigenvalue weighted by molar-refractivity contribution is 7.11. The second kappa shape index (κ2) is 4.45. The molecule has 15 heavy (non-hydrogen) atoms. The maximum absolute atomic E-state index is 5.18. The molecule has 0 N–H and O–H groups in total. The topological polar surface area (TPSA) is 22.1 Å². The van der Waals surface area contributed by atoms with Crippen molar-refractivity contribution in [3.05, 3.63) is 45.9 Å². The minimum Gasteiger partial charge on any atom is -0.497 e. The van der Waals surface area contributed by atoms with Gasteiger partial charge in [0.25, 0.3) is 0 Å². The lowest BCUT2D eigenvalue weighted by Crippen LogP contribution is -1.88. The molecule has 1 aromatic heterocycles. The van der Waals surface area contributed by atoms with E-state index in [1.807, 2.05) is 18.3 Å². The molecule has 0 aliphatic rings. The molecule has 78 valence electrons. The largest absolute Gasteiger partial charge is 0.497 e. The molecule has 0 fully saturated rings. The summed E-state index contributed by atoms with van der Waals surface area (Å²) in [5.74, 6) is 0.903. The Morgan fingerprint density at radius 1 is 1.40 bits per heavy atom. The van der Waals surface area contributed by atoms with Crippen molar-refractivity contribution in [2.45, 2.75) is 13.3 Å². The van der Waals surface area contributed by atoms with Crippen molar-refractivity contribution in [1.82, 2.24) is 4.98 Å². The highest BCUT2D eigenvalue weighted by atomic mass is 32.1. The Morgan fingerprint density at radius 2 is 2.27 bits per heavy atom. The van der Waals surface area contributed by atoms with Gasteiger partial charge < -0.3 is 4.74 Å². The Labute approximate surface area is 93.6 Å². The van der Waals surface area contributed by atoms with Gasteiger partial charge in [0.15, 0.2) is 0 Å². The van der Waals surface area contributed by atoms with E-state index < -0.39 is 0 Å². The van der Waals surface area contributed by atoms with Crippen LogP contribution < -0.4 is 4.74 Å². The van der Waals surface area contributed by atoms with E-state index in [0.29, 0.717) is 0 Å². The molecule has 0 saturated heterocycles. The number of aryl methyl sites for hydroxylation is 1. The van der Waals surface area contributed by atoms with Gasteiger partial charge in [-0.3, -0.25) is 0 Å². The van der Waals surface area contributed by atoms with E-state index in [1.54, 1.807) is 18.4 Å². The van der Waals surface area contributed by atoms with Gasteiger partial charge in [-0.2, -0.15) is 0 Å². The van der Waals surface area contributed by atoms with Gasteiger partial charge in [-0.05, 0) is 24.6 Å². The molecule has 0 unspecified atom stereocenters. The summed E-state index contributed by atoms with van der Waals surface area (Å²) >= 11 is 1.74. The molecule has 3 heteroatoms. The van der Waals surface area contributed by atoms with Crippen molar-refractivity contribution in [1.29, 1.82) is 0 Å². The van der Waals surface area contributed by atoms with Crippen LogP contribution in [0, 0.1) is 6.92 Å². The third-order valence-electron chi connectivity index (χ3n) is 2.16. The summed E-state index contributed by atoms with van der Waals surface area (Å²) in [5.41, 5.74) is 1.24. The molecule has 0 saturated carbocycles. The second-order valence-corrected chi connectivity index (χ2v) is 4.71. The lowest BCUT2D eigenvalue weighted by molar-refractivity contribution is 0.414. The number of rotatable bonds is 3. The minimum atomic E-state index is 0.885. The normalized spacial score (nSPS) is 10.3. The number of benzene rings is 1. The predicted octanol–water partition coefficient (Wildman–Crippen LogP) is 3.05. The number of aromatic nitrogens is 1. The smallest absolute Gasteiger partial charge is 0.119 e. The van der Waals surface area contributed by atoms with Gasteiger partial charge >= 0.3 is 0 Å². The van der Waals surface area contributed by atoms with E-state index in [2.05, 4.69) is 24.0 Å². The summed E-state index contributed by atoms with van der Waals surface area (Å²) in [7, 11) is 1.69. The standard InChI is InChI=1S/C12H13NOS/c1-9-8-13-12(15-9)7-10-4-3-5-11(6-10)14-2/h3-6,8H,7H2,1-2H3. The van der Waals surface area contributed by atoms with Gasteiger partial charge in [0, 0.05) is 17.5 Å². The van der Waals surface area contributed by atoms with Crippen molar-refractivity contribution in [2.24, 2.45) is 0 Å². The molecule has 2 nitrogen and oxygen atoms in total. The number of thiazole rings is 1. The fourth-order valence-electron chi connectivity index (χ4n) is 1.44. The zero-order valence-corrected chi connectivity index (χ0v) is 9.67. The fraction of sp³-hybridized carbons (Fsp3) is 0.250. The Kier molecular flexibility index (Phi) is 3.02. The van der Waals surface area contributed by atoms with E-state index in [-0.39, 0.29) is 0 Å². The highest BCUT2D eigenvalue weighted by Crippen LogP contribution is 2.18. The van der Waals surface area contributed by atoms with E-state index in [9.17, 15) is 0 Å². The van der Waals surface area contributed by atoms with Crippen LogP contribution in [0.3, 0.4) is 0 Å². The van der Waals surface area contributed by atoms with Crippen molar-refractivity contribution in [2.75, 3.05) is 7.11 Å². The monoisotopic (exact) mass is 219 g/mol. The summed E-state index contributed by atoms with van der Waals surface area (Å²) in [6.45, 7) is 2.08. The Hall–Kier alpha value is -1.35. The molecule has 0 aliphatic heterocycles. The summed E-state index contributed by atoms with van der Waals surface area (Å²) in [6, 6.07) is 8.11. The quantitative estimate of drug-likeness (QED) is 0.791. The zero-order chi connectivity index (χ0) is 10.7. The minimum absolute atomic E-state index is 0.885. The maximum Gasteiger partial charge on any atom is 0.119 e. The second-order valence-electron chi connectivity index (χ2n) is 3.39. The van der Waals surface area contributed by atoms with Crippen LogP contribution in [-0.4, -0.2) is 12.1 Å². The third-order valence-corrected chi connectivity index (χ3v) is 3.07. The van der Waals surface area contributed by atoms with E-state index in [1.165, 1.54) is 10.4 Å². The first-order valence-electron chi connectivity index (χ1n) is 4.82. The first kappa shape index (κ1) is 10.2. The molecule has 0 aliphatic carbocycles. The van der Waals surface area contributed by atoms with Crippen LogP contribution in [0.2, 0.25) is 0 Å². The van der Waals surface area contributed by atoms with Crippen molar-refractivity contribution < 1.29 is 4.74 Å². The molecule has 1 aromatic carbocycles. The highest BCUT2D eigenvalue weighted by Gasteiger charge is 2.01. The first-order chi connectivity index (χ1) is 7.28. The number of ether oxygens (including phenoxy) is 1. The summed E-state index contributed by atoms with van der Waals surface area (Å²) < 4.78 is 5.18. The lowest BCUT2D eigenvalue weighted by Gasteiger charge is -2.02. The van der Waals surface area contributed by atoms with Crippen LogP contribution in [0.5, 0.6) is 5.75 Å². The van der Waals surface area contributed by atoms with Gasteiger partial charge in [-0.25, -0.2) is 4.98 Å². The van der Waals surface area contributed by atoms with Crippen LogP contribution in [0.15, 0.2) is 30.5 Å². The molecule has 0 spiro atoms. The van der Waals surface area contributed by atoms with Gasteiger partial charge in [0.1, 0.15) is 5.75 Å². The van der Waals surface area contributed by atoms with Gasteiger partial charge in [-0.1, -0.05) is 12.1 Å². The average Bonchev–Trinajstić information content (AvgIpc) is 2.64. The molecular formula is C12H13NOS. The molecule has 0 atom stereocenters. The molecule has 0 amide bonds. The first-order valence-corrected chi connectivity index (χ1v) is 5.64.